The van der Waals surface area contributed by atoms with Gasteiger partial charge in [0.15, 0.2) is 0 Å². The van der Waals surface area contributed by atoms with Crippen molar-refractivity contribution in [3.8, 4) is 11.5 Å². The average Bonchev–Trinajstić information content (AvgIpc) is 2.79. The molecule has 0 aliphatic rings. The zero-order chi connectivity index (χ0) is 27.3. The van der Waals surface area contributed by atoms with Crippen LogP contribution in [0.5, 0.6) is 11.5 Å². The first-order valence-electron chi connectivity index (χ1n) is 11.5. The van der Waals surface area contributed by atoms with Gasteiger partial charge in [0.25, 0.3) is 0 Å². The fourth-order valence-electron chi connectivity index (χ4n) is 3.53. The molecule has 0 saturated carbocycles. The van der Waals surface area contributed by atoms with E-state index in [4.69, 9.17) is 9.47 Å². The molecule has 1 N–H and O–H groups in total. The highest BCUT2D eigenvalue weighted by Gasteiger charge is 2.32. The first-order valence-corrected chi connectivity index (χ1v) is 13.4. The van der Waals surface area contributed by atoms with Crippen LogP contribution in [0.3, 0.4) is 0 Å². The van der Waals surface area contributed by atoms with Crippen LogP contribution >= 0.6 is 0 Å². The Kier molecular flexibility index (Phi) is 9.37. The Bertz CT molecular complexity index is 1170. The van der Waals surface area contributed by atoms with E-state index in [2.05, 4.69) is 5.32 Å². The number of sulfonamides is 1. The summed E-state index contributed by atoms with van der Waals surface area (Å²) < 4.78 is 37.2. The van der Waals surface area contributed by atoms with Crippen LogP contribution in [0.1, 0.15) is 38.8 Å². The van der Waals surface area contributed by atoms with Crippen molar-refractivity contribution >= 4 is 27.5 Å². The molecular formula is C26H37N3O6S. The highest BCUT2D eigenvalue weighted by Crippen LogP contribution is 2.34. The Morgan fingerprint density at radius 1 is 1.03 bits per heavy atom. The molecule has 36 heavy (non-hydrogen) atoms. The number of rotatable bonds is 10. The summed E-state index contributed by atoms with van der Waals surface area (Å²) in [5.41, 5.74) is 1.53. The standard InChI is InChI=1S/C26H37N3O6S/c1-18-9-11-20(12-10-18)16-28(19(2)25(31)27-26(3,4)5)24(30)17-29(36(8,32)33)22-15-21(34-6)13-14-23(22)35-7/h9-15,19H,16-17H2,1-8H3,(H,27,31)/t19-/m0/s1. The van der Waals surface area contributed by atoms with Crippen LogP contribution in [-0.2, 0) is 26.2 Å². The summed E-state index contributed by atoms with van der Waals surface area (Å²) in [6.07, 6.45) is 1.01. The van der Waals surface area contributed by atoms with E-state index in [1.165, 1.54) is 25.2 Å². The summed E-state index contributed by atoms with van der Waals surface area (Å²) >= 11 is 0. The van der Waals surface area contributed by atoms with E-state index in [1.54, 1.807) is 19.1 Å². The van der Waals surface area contributed by atoms with Crippen LogP contribution in [0, 0.1) is 6.92 Å². The van der Waals surface area contributed by atoms with Crippen LogP contribution in [0.2, 0.25) is 0 Å². The number of ether oxygens (including phenoxy) is 2. The van der Waals surface area contributed by atoms with Crippen molar-refractivity contribution in [3.05, 3.63) is 53.6 Å². The van der Waals surface area contributed by atoms with E-state index in [0.717, 1.165) is 21.7 Å². The molecule has 9 nitrogen and oxygen atoms in total. The predicted molar refractivity (Wildman–Crippen MR) is 141 cm³/mol. The first-order chi connectivity index (χ1) is 16.7. The van der Waals surface area contributed by atoms with Crippen molar-refractivity contribution in [1.29, 1.82) is 0 Å². The summed E-state index contributed by atoms with van der Waals surface area (Å²) in [6.45, 7) is 8.74. The average molecular weight is 520 g/mol. The number of amides is 2. The van der Waals surface area contributed by atoms with Gasteiger partial charge in [-0.2, -0.15) is 0 Å². The van der Waals surface area contributed by atoms with E-state index in [-0.39, 0.29) is 23.9 Å². The van der Waals surface area contributed by atoms with Crippen LogP contribution in [0.4, 0.5) is 5.69 Å². The predicted octanol–water partition coefficient (Wildman–Crippen LogP) is 3.11. The lowest BCUT2D eigenvalue weighted by molar-refractivity contribution is -0.140. The molecular weight excluding hydrogens is 482 g/mol. The fourth-order valence-corrected chi connectivity index (χ4v) is 4.38. The minimum absolute atomic E-state index is 0.130. The summed E-state index contributed by atoms with van der Waals surface area (Å²) in [5.74, 6) is -0.214. The third kappa shape index (κ3) is 7.87. The Morgan fingerprint density at radius 2 is 1.64 bits per heavy atom. The highest BCUT2D eigenvalue weighted by molar-refractivity contribution is 7.92. The summed E-state index contributed by atoms with van der Waals surface area (Å²) in [7, 11) is -1.04. The third-order valence-corrected chi connectivity index (χ3v) is 6.60. The molecule has 0 fully saturated rings. The van der Waals surface area contributed by atoms with Crippen molar-refractivity contribution in [2.45, 2.75) is 52.7 Å². The first kappa shape index (κ1) is 29.0. The maximum Gasteiger partial charge on any atom is 0.244 e. The lowest BCUT2D eigenvalue weighted by atomic mass is 10.1. The van der Waals surface area contributed by atoms with Gasteiger partial charge in [-0.3, -0.25) is 13.9 Å². The number of nitrogens with zero attached hydrogens (tertiary/aromatic N) is 2. The van der Waals surface area contributed by atoms with Crippen molar-refractivity contribution in [3.63, 3.8) is 0 Å². The normalized spacial score (nSPS) is 12.4. The summed E-state index contributed by atoms with van der Waals surface area (Å²) in [5, 5.41) is 2.90. The fraction of sp³-hybridized carbons (Fsp3) is 0.462. The Balaban J connectivity index is 2.49. The molecule has 2 rings (SSSR count). The van der Waals surface area contributed by atoms with Gasteiger partial charge in [-0.1, -0.05) is 29.8 Å². The lowest BCUT2D eigenvalue weighted by Crippen LogP contribution is -2.54. The molecule has 2 aromatic rings. The second-order valence-electron chi connectivity index (χ2n) is 9.73. The van der Waals surface area contributed by atoms with Gasteiger partial charge < -0.3 is 19.7 Å². The van der Waals surface area contributed by atoms with Gasteiger partial charge in [-0.05, 0) is 52.3 Å². The van der Waals surface area contributed by atoms with E-state index in [1.807, 2.05) is 52.0 Å². The van der Waals surface area contributed by atoms with Crippen molar-refractivity contribution in [2.75, 3.05) is 31.3 Å². The number of methoxy groups -OCH3 is 2. The Morgan fingerprint density at radius 3 is 2.14 bits per heavy atom. The smallest absolute Gasteiger partial charge is 0.244 e. The molecule has 0 spiro atoms. The molecule has 0 bridgehead atoms. The lowest BCUT2D eigenvalue weighted by Gasteiger charge is -2.33. The van der Waals surface area contributed by atoms with E-state index < -0.39 is 34.1 Å². The van der Waals surface area contributed by atoms with Crippen LogP contribution in [0.25, 0.3) is 0 Å². The number of hydrogen-bond acceptors (Lipinski definition) is 6. The number of carbonyl (C=O) groups is 2. The second-order valence-corrected chi connectivity index (χ2v) is 11.6. The maximum absolute atomic E-state index is 13.7. The number of nitrogens with one attached hydrogen (secondary N) is 1. The van der Waals surface area contributed by atoms with Gasteiger partial charge in [0.2, 0.25) is 21.8 Å². The largest absolute Gasteiger partial charge is 0.497 e. The molecule has 10 heteroatoms. The molecule has 1 atom stereocenters. The Hall–Kier alpha value is -3.27. The van der Waals surface area contributed by atoms with Gasteiger partial charge in [0.1, 0.15) is 24.1 Å². The monoisotopic (exact) mass is 519 g/mol. The van der Waals surface area contributed by atoms with Crippen LogP contribution in [0.15, 0.2) is 42.5 Å². The van der Waals surface area contributed by atoms with Crippen LogP contribution < -0.4 is 19.1 Å². The SMILES string of the molecule is COc1ccc(OC)c(N(CC(=O)N(Cc2ccc(C)cc2)[C@@H](C)C(=O)NC(C)(C)C)S(C)(=O)=O)c1. The molecule has 2 amide bonds. The van der Waals surface area contributed by atoms with E-state index in [9.17, 15) is 18.0 Å². The number of carbonyl (C=O) groups excluding carboxylic acids is 2. The number of anilines is 1. The van der Waals surface area contributed by atoms with E-state index >= 15 is 0 Å². The molecule has 0 radical (unpaired) electrons. The number of hydrogen-bond donors (Lipinski definition) is 1. The van der Waals surface area contributed by atoms with Crippen LogP contribution in [-0.4, -0.2) is 63.7 Å². The minimum atomic E-state index is -3.91. The van der Waals surface area contributed by atoms with Gasteiger partial charge in [0.05, 0.1) is 26.2 Å². The van der Waals surface area contributed by atoms with Gasteiger partial charge >= 0.3 is 0 Å². The molecule has 2 aromatic carbocycles. The van der Waals surface area contributed by atoms with Gasteiger partial charge in [0, 0.05) is 18.2 Å². The second kappa shape index (κ2) is 11.6. The van der Waals surface area contributed by atoms with Gasteiger partial charge in [-0.25, -0.2) is 8.42 Å². The molecule has 0 heterocycles. The van der Waals surface area contributed by atoms with Crippen molar-refractivity contribution in [1.82, 2.24) is 10.2 Å². The van der Waals surface area contributed by atoms with Crippen molar-refractivity contribution < 1.29 is 27.5 Å². The van der Waals surface area contributed by atoms with Gasteiger partial charge in [-0.15, -0.1) is 0 Å². The topological polar surface area (TPSA) is 105 Å². The molecule has 0 aliphatic carbocycles. The third-order valence-electron chi connectivity index (χ3n) is 5.47. The quantitative estimate of drug-likeness (QED) is 0.517. The zero-order valence-electron chi connectivity index (χ0n) is 22.3. The minimum Gasteiger partial charge on any atom is -0.497 e. The molecule has 0 unspecified atom stereocenters. The maximum atomic E-state index is 13.7. The Labute approximate surface area is 214 Å². The summed E-state index contributed by atoms with van der Waals surface area (Å²) in [4.78, 5) is 28.1. The molecule has 0 saturated heterocycles. The molecule has 0 aromatic heterocycles. The molecule has 198 valence electrons. The highest BCUT2D eigenvalue weighted by atomic mass is 32.2. The number of benzene rings is 2. The number of aryl methyl sites for hydroxylation is 1. The zero-order valence-corrected chi connectivity index (χ0v) is 23.1. The van der Waals surface area contributed by atoms with E-state index in [0.29, 0.717) is 5.75 Å². The van der Waals surface area contributed by atoms with Crippen molar-refractivity contribution in [2.24, 2.45) is 0 Å². The summed E-state index contributed by atoms with van der Waals surface area (Å²) in [6, 6.07) is 11.4. The molecule has 0 aliphatic heterocycles.